The van der Waals surface area contributed by atoms with Crippen LogP contribution in [-0.4, -0.2) is 0 Å². The number of rotatable bonds is 24. The van der Waals surface area contributed by atoms with Crippen molar-refractivity contribution in [2.75, 3.05) is 0 Å². The van der Waals surface area contributed by atoms with E-state index in [2.05, 4.69) is 194 Å². The van der Waals surface area contributed by atoms with Crippen LogP contribution in [0.2, 0.25) is 0 Å². The van der Waals surface area contributed by atoms with Gasteiger partial charge in [-0.2, -0.15) is 0 Å². The molecule has 0 saturated carbocycles. The number of allylic oxidation sites excluding steroid dienone is 1. The fourth-order valence-corrected chi connectivity index (χ4v) is 13.0. The van der Waals surface area contributed by atoms with Crippen LogP contribution in [-0.2, 0) is 0 Å². The van der Waals surface area contributed by atoms with E-state index in [1.54, 1.807) is 0 Å². The van der Waals surface area contributed by atoms with Crippen LogP contribution in [0.5, 0.6) is 0 Å². The Balaban J connectivity index is 8.10. The minimum atomic E-state index is -0.122. The van der Waals surface area contributed by atoms with E-state index in [0.717, 1.165) is 6.42 Å². The van der Waals surface area contributed by atoms with Crippen LogP contribution in [0.25, 0.3) is 0 Å². The van der Waals surface area contributed by atoms with Crippen molar-refractivity contribution in [1.29, 1.82) is 0 Å². The first-order valence-electron chi connectivity index (χ1n) is 24.2. The van der Waals surface area contributed by atoms with Crippen molar-refractivity contribution < 1.29 is 0 Å². The molecule has 336 valence electrons. The van der Waals surface area contributed by atoms with Gasteiger partial charge in [0.15, 0.2) is 0 Å². The van der Waals surface area contributed by atoms with Crippen molar-refractivity contribution in [1.82, 2.24) is 0 Å². The largest absolute Gasteiger partial charge is 0.0992 e. The zero-order valence-corrected chi connectivity index (χ0v) is 44.9. The maximum Gasteiger partial charge on any atom is -0.00219 e. The quantitative estimate of drug-likeness (QED) is 0.0675. The first-order chi connectivity index (χ1) is 24.5. The van der Waals surface area contributed by atoms with E-state index in [1.165, 1.54) is 82.6 Å². The lowest BCUT2D eigenvalue weighted by molar-refractivity contribution is -0.269. The third kappa shape index (κ3) is 9.45. The van der Waals surface area contributed by atoms with Crippen molar-refractivity contribution in [3.8, 4) is 0 Å². The predicted octanol–water partition coefficient (Wildman–Crippen LogP) is 20.0. The van der Waals surface area contributed by atoms with Gasteiger partial charge in [0.2, 0.25) is 0 Å². The Morgan fingerprint density at radius 3 is 0.875 bits per heavy atom. The van der Waals surface area contributed by atoms with Crippen LogP contribution in [0, 0.1) is 70.4 Å². The Morgan fingerprint density at radius 2 is 0.589 bits per heavy atom. The van der Waals surface area contributed by atoms with Gasteiger partial charge in [-0.15, -0.1) is 0 Å². The summed E-state index contributed by atoms with van der Waals surface area (Å²) in [5.74, 6) is 0. The molecule has 0 N–H and O–H groups in total. The summed E-state index contributed by atoms with van der Waals surface area (Å²) in [5.41, 5.74) is 1.67. The van der Waals surface area contributed by atoms with E-state index in [-0.39, 0.29) is 70.4 Å². The van der Waals surface area contributed by atoms with Crippen molar-refractivity contribution >= 4 is 0 Å². The summed E-state index contributed by atoms with van der Waals surface area (Å²) in [6.45, 7) is 77.7. The fraction of sp³-hybridized carbons (Fsp3) is 0.964. The van der Waals surface area contributed by atoms with Crippen LogP contribution in [0.4, 0.5) is 0 Å². The van der Waals surface area contributed by atoms with E-state index in [9.17, 15) is 0 Å². The summed E-state index contributed by atoms with van der Waals surface area (Å²) < 4.78 is 0. The summed E-state index contributed by atoms with van der Waals surface area (Å²) in [6, 6.07) is 0. The summed E-state index contributed by atoms with van der Waals surface area (Å²) >= 11 is 0. The molecule has 0 radical (unpaired) electrons. The highest BCUT2D eigenvalue weighted by Crippen LogP contribution is 2.78. The van der Waals surface area contributed by atoms with Gasteiger partial charge in [-0.3, -0.25) is 0 Å². The van der Waals surface area contributed by atoms with E-state index >= 15 is 0 Å². The Hall–Kier alpha value is -0.260. The number of hydrogen-bond donors (Lipinski definition) is 0. The highest BCUT2D eigenvalue weighted by molar-refractivity contribution is 5.25. The molecule has 56 heavy (non-hydrogen) atoms. The molecule has 0 aliphatic carbocycles. The van der Waals surface area contributed by atoms with Gasteiger partial charge in [0.05, 0.1) is 0 Å². The minimum Gasteiger partial charge on any atom is -0.0992 e. The smallest absolute Gasteiger partial charge is 0.00219 e. The van der Waals surface area contributed by atoms with Crippen molar-refractivity contribution in [3.63, 3.8) is 0 Å². The minimum absolute atomic E-state index is 0.00946. The molecule has 0 fully saturated rings. The normalized spacial score (nSPS) is 16.6. The second-order valence-corrected chi connectivity index (χ2v) is 27.3. The van der Waals surface area contributed by atoms with Gasteiger partial charge in [-0.25, -0.2) is 0 Å². The standard InChI is InChI=1S/C56H112/c1-30-32-34-36-37-39-41-47(12,13)50(18,19)52(22,23)54(26,27)56(29,48(14,15)42-43(3)55(28,44(4,5)6)45(7,8)9)53(24,25)51(20,21)49(16,17)46(10,11)40-38-35-33-31-2/h3,30-42H2,1-2,4-29H3. The zero-order chi connectivity index (χ0) is 45.3. The molecule has 0 aromatic rings. The van der Waals surface area contributed by atoms with Gasteiger partial charge in [0, 0.05) is 0 Å². The molecule has 0 heteroatoms. The molecule has 0 aromatic carbocycles. The lowest BCUT2D eigenvalue weighted by atomic mass is 9.29. The molecule has 0 saturated heterocycles. The van der Waals surface area contributed by atoms with Gasteiger partial charge >= 0.3 is 0 Å². The summed E-state index contributed by atoms with van der Waals surface area (Å²) in [5, 5.41) is 0. The maximum atomic E-state index is 5.13. The van der Waals surface area contributed by atoms with Gasteiger partial charge < -0.3 is 0 Å². The van der Waals surface area contributed by atoms with E-state index in [4.69, 9.17) is 6.58 Å². The molecular weight excluding hydrogens is 673 g/mol. The SMILES string of the molecule is C=C(CC(C)(C)C(C)(C(C)(C)C(C)(C)C(C)(C)C(C)(C)CCCCCC)C(C)(C)C(C)(C)C(C)(C)C(C)(C)CCCCCCCC)C(C)(C(C)(C)C)C(C)(C)C. The first-order valence-corrected chi connectivity index (χ1v) is 24.2. The molecule has 0 aliphatic heterocycles. The number of unbranched alkanes of at least 4 members (excludes halogenated alkanes) is 8. The Morgan fingerprint density at radius 1 is 0.321 bits per heavy atom. The van der Waals surface area contributed by atoms with E-state index in [0.29, 0.717) is 0 Å². The molecule has 0 rings (SSSR count). The van der Waals surface area contributed by atoms with Crippen LogP contribution in [0.15, 0.2) is 12.2 Å². The van der Waals surface area contributed by atoms with Gasteiger partial charge in [0.1, 0.15) is 0 Å². The van der Waals surface area contributed by atoms with Crippen LogP contribution < -0.4 is 0 Å². The highest BCUT2D eigenvalue weighted by Gasteiger charge is 2.72. The van der Waals surface area contributed by atoms with Crippen molar-refractivity contribution in [2.24, 2.45) is 70.4 Å². The lowest BCUT2D eigenvalue weighted by Crippen LogP contribution is -2.69. The Labute approximate surface area is 358 Å². The monoisotopic (exact) mass is 785 g/mol. The Kier molecular flexibility index (Phi) is 17.9. The third-order valence-electron chi connectivity index (χ3n) is 21.7. The van der Waals surface area contributed by atoms with Gasteiger partial charge in [-0.1, -0.05) is 270 Å². The van der Waals surface area contributed by atoms with Crippen LogP contribution in [0.1, 0.15) is 277 Å². The highest BCUT2D eigenvalue weighted by atomic mass is 14.8. The molecule has 0 heterocycles. The number of hydrogen-bond acceptors (Lipinski definition) is 0. The molecule has 1 unspecified atom stereocenters. The second-order valence-electron chi connectivity index (χ2n) is 27.3. The molecule has 0 bridgehead atoms. The molecule has 1 atom stereocenters. The lowest BCUT2D eigenvalue weighted by Gasteiger charge is -2.75. The molecule has 0 nitrogen and oxygen atoms in total. The predicted molar refractivity (Wildman–Crippen MR) is 260 cm³/mol. The molecule has 0 amide bonds. The second kappa shape index (κ2) is 18.0. The van der Waals surface area contributed by atoms with Crippen molar-refractivity contribution in [3.05, 3.63) is 12.2 Å². The van der Waals surface area contributed by atoms with Crippen LogP contribution in [0.3, 0.4) is 0 Å². The molecule has 0 aromatic heterocycles. The Bertz CT molecular complexity index is 1210. The summed E-state index contributed by atoms with van der Waals surface area (Å²) in [6.07, 6.45) is 17.0. The topological polar surface area (TPSA) is 0 Å². The first kappa shape index (κ1) is 55.7. The molecule has 0 aliphatic rings. The maximum absolute atomic E-state index is 5.13. The third-order valence-corrected chi connectivity index (χ3v) is 21.7. The average molecular weight is 786 g/mol. The zero-order valence-electron chi connectivity index (χ0n) is 44.9. The summed E-state index contributed by atoms with van der Waals surface area (Å²) in [4.78, 5) is 0. The average Bonchev–Trinajstić information content (AvgIpc) is 3.01. The fourth-order valence-electron chi connectivity index (χ4n) is 13.0. The van der Waals surface area contributed by atoms with Gasteiger partial charge in [0.25, 0.3) is 0 Å². The van der Waals surface area contributed by atoms with Crippen molar-refractivity contribution in [2.45, 2.75) is 277 Å². The van der Waals surface area contributed by atoms with E-state index in [1.807, 2.05) is 0 Å². The van der Waals surface area contributed by atoms with Gasteiger partial charge in [-0.05, 0) is 89.7 Å². The van der Waals surface area contributed by atoms with E-state index < -0.39 is 0 Å². The molecule has 0 spiro atoms. The summed E-state index contributed by atoms with van der Waals surface area (Å²) in [7, 11) is 0. The molecular formula is C56H112. The van der Waals surface area contributed by atoms with Crippen LogP contribution >= 0.6 is 0 Å².